The Kier molecular flexibility index (Phi) is 3.89. The lowest BCUT2D eigenvalue weighted by Gasteiger charge is -2.30. The summed E-state index contributed by atoms with van der Waals surface area (Å²) in [7, 11) is 0. The van der Waals surface area contributed by atoms with Crippen LogP contribution < -0.4 is 5.73 Å². The van der Waals surface area contributed by atoms with Crippen molar-refractivity contribution < 1.29 is 4.42 Å². The van der Waals surface area contributed by atoms with Gasteiger partial charge in [0.05, 0.1) is 12.3 Å². The van der Waals surface area contributed by atoms with Gasteiger partial charge in [-0.1, -0.05) is 20.8 Å². The molecule has 4 unspecified atom stereocenters. The Hall–Kier alpha value is -0.800. The van der Waals surface area contributed by atoms with Crippen molar-refractivity contribution >= 4 is 0 Å². The lowest BCUT2D eigenvalue weighted by Crippen LogP contribution is -2.39. The summed E-state index contributed by atoms with van der Waals surface area (Å²) in [5, 5.41) is 0. The fourth-order valence-corrected chi connectivity index (χ4v) is 2.75. The van der Waals surface area contributed by atoms with Gasteiger partial charge in [-0.3, -0.25) is 4.90 Å². The minimum absolute atomic E-state index is 0.152. The van der Waals surface area contributed by atoms with E-state index >= 15 is 0 Å². The maximum absolute atomic E-state index is 6.28. The van der Waals surface area contributed by atoms with Crippen molar-refractivity contribution in [2.45, 2.75) is 39.3 Å². The molecule has 1 aliphatic rings. The second-order valence-corrected chi connectivity index (χ2v) is 5.44. The first kappa shape index (κ1) is 12.7. The predicted octanol–water partition coefficient (Wildman–Crippen LogP) is 2.65. The van der Waals surface area contributed by atoms with Crippen molar-refractivity contribution in [1.29, 1.82) is 0 Å². The van der Waals surface area contributed by atoms with Gasteiger partial charge in [0.15, 0.2) is 0 Å². The maximum atomic E-state index is 6.28. The van der Waals surface area contributed by atoms with Crippen LogP contribution in [-0.2, 0) is 0 Å². The molecule has 0 bridgehead atoms. The van der Waals surface area contributed by atoms with Crippen LogP contribution in [0.5, 0.6) is 0 Å². The normalized spacial score (nSPS) is 29.4. The first-order valence-corrected chi connectivity index (χ1v) is 6.66. The predicted molar refractivity (Wildman–Crippen MR) is 69.6 cm³/mol. The second kappa shape index (κ2) is 5.23. The third-order valence-corrected chi connectivity index (χ3v) is 4.12. The summed E-state index contributed by atoms with van der Waals surface area (Å²) in [5.41, 5.74) is 6.28. The Morgan fingerprint density at radius 3 is 2.53 bits per heavy atom. The molecular weight excluding hydrogens is 212 g/mol. The first-order valence-electron chi connectivity index (χ1n) is 6.66. The number of nitrogens with zero attached hydrogens (tertiary/aromatic N) is 1. The lowest BCUT2D eigenvalue weighted by molar-refractivity contribution is 0.175. The summed E-state index contributed by atoms with van der Waals surface area (Å²) >= 11 is 0. The molecule has 1 aromatic heterocycles. The molecular formula is C14H24N2O. The highest BCUT2D eigenvalue weighted by molar-refractivity contribution is 5.09. The molecule has 2 rings (SSSR count). The zero-order valence-corrected chi connectivity index (χ0v) is 11.1. The third-order valence-electron chi connectivity index (χ3n) is 4.12. The number of likely N-dealkylation sites (tertiary alicyclic amines) is 1. The van der Waals surface area contributed by atoms with Crippen LogP contribution in [0.25, 0.3) is 0 Å². The fraction of sp³-hybridized carbons (Fsp3) is 0.714. The van der Waals surface area contributed by atoms with E-state index in [-0.39, 0.29) is 12.1 Å². The largest absolute Gasteiger partial charge is 0.468 e. The molecule has 0 amide bonds. The molecule has 0 spiro atoms. The van der Waals surface area contributed by atoms with Gasteiger partial charge in [-0.15, -0.1) is 0 Å². The third kappa shape index (κ3) is 2.55. The second-order valence-electron chi connectivity index (χ2n) is 5.44. The summed E-state index contributed by atoms with van der Waals surface area (Å²) in [5.74, 6) is 2.51. The van der Waals surface area contributed by atoms with Gasteiger partial charge in [0.1, 0.15) is 5.76 Å². The fourth-order valence-electron chi connectivity index (χ4n) is 2.75. The molecule has 17 heavy (non-hydrogen) atoms. The maximum Gasteiger partial charge on any atom is 0.122 e. The van der Waals surface area contributed by atoms with Crippen molar-refractivity contribution in [3.05, 3.63) is 24.2 Å². The zero-order chi connectivity index (χ0) is 12.4. The molecule has 3 heteroatoms. The van der Waals surface area contributed by atoms with E-state index < -0.39 is 0 Å². The molecule has 4 atom stereocenters. The molecule has 1 aromatic rings. The highest BCUT2D eigenvalue weighted by Crippen LogP contribution is 2.33. The molecule has 96 valence electrons. The van der Waals surface area contributed by atoms with Crippen LogP contribution in [0.1, 0.15) is 39.0 Å². The topological polar surface area (TPSA) is 42.4 Å². The number of hydrogen-bond acceptors (Lipinski definition) is 3. The van der Waals surface area contributed by atoms with Gasteiger partial charge in [-0.25, -0.2) is 0 Å². The molecule has 2 N–H and O–H groups in total. The van der Waals surface area contributed by atoms with Crippen molar-refractivity contribution in [2.75, 3.05) is 13.1 Å². The van der Waals surface area contributed by atoms with E-state index in [1.807, 2.05) is 12.1 Å². The van der Waals surface area contributed by atoms with Gasteiger partial charge in [0, 0.05) is 19.1 Å². The van der Waals surface area contributed by atoms with Crippen LogP contribution in [0, 0.1) is 11.8 Å². The van der Waals surface area contributed by atoms with E-state index in [9.17, 15) is 0 Å². The van der Waals surface area contributed by atoms with Crippen LogP contribution >= 0.6 is 0 Å². The molecule has 1 fully saturated rings. The molecule has 1 saturated heterocycles. The van der Waals surface area contributed by atoms with Crippen LogP contribution in [-0.4, -0.2) is 24.0 Å². The van der Waals surface area contributed by atoms with Crippen LogP contribution in [0.4, 0.5) is 0 Å². The van der Waals surface area contributed by atoms with E-state index in [0.29, 0.717) is 0 Å². The van der Waals surface area contributed by atoms with Crippen molar-refractivity contribution in [3.8, 4) is 0 Å². The van der Waals surface area contributed by atoms with Crippen molar-refractivity contribution in [2.24, 2.45) is 17.6 Å². The first-order chi connectivity index (χ1) is 8.13. The average molecular weight is 236 g/mol. The quantitative estimate of drug-likeness (QED) is 0.874. The SMILES string of the molecule is CCC(N)C(c1ccco1)N1CC(C)C(C)C1. The Labute approximate surface area is 104 Å². The Bertz CT molecular complexity index is 326. The lowest BCUT2D eigenvalue weighted by atomic mass is 10.0. The van der Waals surface area contributed by atoms with Crippen LogP contribution in [0.2, 0.25) is 0 Å². The van der Waals surface area contributed by atoms with Gasteiger partial charge in [-0.05, 0) is 30.4 Å². The van der Waals surface area contributed by atoms with E-state index in [1.165, 1.54) is 0 Å². The number of nitrogens with two attached hydrogens (primary N) is 1. The minimum Gasteiger partial charge on any atom is -0.468 e. The van der Waals surface area contributed by atoms with E-state index in [0.717, 1.165) is 37.1 Å². The summed E-state index contributed by atoms with van der Waals surface area (Å²) in [4.78, 5) is 2.49. The Balaban J connectivity index is 2.17. The van der Waals surface area contributed by atoms with Gasteiger partial charge in [0.25, 0.3) is 0 Å². The minimum atomic E-state index is 0.152. The Morgan fingerprint density at radius 1 is 1.41 bits per heavy atom. The molecule has 3 nitrogen and oxygen atoms in total. The smallest absolute Gasteiger partial charge is 0.122 e. The standard InChI is InChI=1S/C14H24N2O/c1-4-12(15)14(13-6-5-7-17-13)16-8-10(2)11(3)9-16/h5-7,10-12,14H,4,8-9,15H2,1-3H3. The van der Waals surface area contributed by atoms with Gasteiger partial charge in [0.2, 0.25) is 0 Å². The highest BCUT2D eigenvalue weighted by atomic mass is 16.3. The molecule has 0 aliphatic carbocycles. The van der Waals surface area contributed by atoms with E-state index in [1.54, 1.807) is 6.26 Å². The van der Waals surface area contributed by atoms with E-state index in [2.05, 4.69) is 25.7 Å². The number of rotatable bonds is 4. The average Bonchev–Trinajstić information content (AvgIpc) is 2.91. The monoisotopic (exact) mass is 236 g/mol. The summed E-state index contributed by atoms with van der Waals surface area (Å²) < 4.78 is 5.58. The molecule has 0 saturated carbocycles. The highest BCUT2D eigenvalue weighted by Gasteiger charge is 2.35. The van der Waals surface area contributed by atoms with Gasteiger partial charge < -0.3 is 10.2 Å². The number of hydrogen-bond donors (Lipinski definition) is 1. The van der Waals surface area contributed by atoms with Gasteiger partial charge >= 0.3 is 0 Å². The Morgan fingerprint density at radius 2 is 2.06 bits per heavy atom. The van der Waals surface area contributed by atoms with Crippen molar-refractivity contribution in [1.82, 2.24) is 4.90 Å². The van der Waals surface area contributed by atoms with Crippen LogP contribution in [0.3, 0.4) is 0 Å². The summed E-state index contributed by atoms with van der Waals surface area (Å²) in [6.45, 7) is 9.03. The van der Waals surface area contributed by atoms with Gasteiger partial charge in [-0.2, -0.15) is 0 Å². The molecule has 2 heterocycles. The molecule has 0 aromatic carbocycles. The van der Waals surface area contributed by atoms with Crippen molar-refractivity contribution in [3.63, 3.8) is 0 Å². The summed E-state index contributed by atoms with van der Waals surface area (Å²) in [6, 6.07) is 4.39. The molecule has 1 aliphatic heterocycles. The zero-order valence-electron chi connectivity index (χ0n) is 11.1. The van der Waals surface area contributed by atoms with Crippen LogP contribution in [0.15, 0.2) is 22.8 Å². The van der Waals surface area contributed by atoms with E-state index in [4.69, 9.17) is 10.2 Å². The summed E-state index contributed by atoms with van der Waals surface area (Å²) in [6.07, 6.45) is 2.72. The molecule has 0 radical (unpaired) electrons. The number of furan rings is 1.